The van der Waals surface area contributed by atoms with Crippen LogP contribution in [0.25, 0.3) is 38.5 Å². The van der Waals surface area contributed by atoms with Gasteiger partial charge in [0.2, 0.25) is 0 Å². The van der Waals surface area contributed by atoms with Gasteiger partial charge in [-0.15, -0.1) is 0 Å². The molecule has 2 heterocycles. The van der Waals surface area contributed by atoms with Crippen LogP contribution in [-0.4, -0.2) is 16.6 Å². The fraction of sp³-hybridized carbons (Fsp3) is 0.0417. The maximum Gasteiger partial charge on any atom is 0.195 e. The zero-order chi connectivity index (χ0) is 19.3. The summed E-state index contributed by atoms with van der Waals surface area (Å²) in [5.74, 6) is 0.500. The molecule has 0 aliphatic carbocycles. The molecule has 3 aromatic carbocycles. The third kappa shape index (κ3) is 2.28. The molecular formula is C24H17NO3. The van der Waals surface area contributed by atoms with Gasteiger partial charge in [0.05, 0.1) is 23.4 Å². The number of rotatable bonds is 3. The van der Waals surface area contributed by atoms with Gasteiger partial charge in [-0.1, -0.05) is 60.7 Å². The van der Waals surface area contributed by atoms with Gasteiger partial charge in [0, 0.05) is 29.6 Å². The predicted octanol–water partition coefficient (Wildman–Crippen LogP) is 4.94. The van der Waals surface area contributed by atoms with E-state index in [-0.39, 0.29) is 11.2 Å². The van der Waals surface area contributed by atoms with Gasteiger partial charge in [0.25, 0.3) is 0 Å². The number of methoxy groups -OCH3 is 1. The Morgan fingerprint density at radius 1 is 0.821 bits per heavy atom. The van der Waals surface area contributed by atoms with Crippen molar-refractivity contribution in [3.8, 4) is 33.8 Å². The number of aromatic nitrogens is 1. The van der Waals surface area contributed by atoms with Gasteiger partial charge in [-0.2, -0.15) is 0 Å². The summed E-state index contributed by atoms with van der Waals surface area (Å²) in [6.07, 6.45) is 3.85. The molecule has 4 heteroatoms. The molecule has 1 N–H and O–H groups in total. The maximum absolute atomic E-state index is 12.9. The van der Waals surface area contributed by atoms with Crippen LogP contribution in [0.1, 0.15) is 0 Å². The van der Waals surface area contributed by atoms with Crippen LogP contribution in [0.4, 0.5) is 0 Å². The third-order valence-corrected chi connectivity index (χ3v) is 5.17. The fourth-order valence-corrected chi connectivity index (χ4v) is 3.90. The lowest BCUT2D eigenvalue weighted by Crippen LogP contribution is -2.04. The van der Waals surface area contributed by atoms with E-state index >= 15 is 0 Å². The van der Waals surface area contributed by atoms with Crippen molar-refractivity contribution in [3.63, 3.8) is 0 Å². The Hall–Kier alpha value is -3.79. The number of benzene rings is 3. The van der Waals surface area contributed by atoms with Crippen LogP contribution >= 0.6 is 0 Å². The molecule has 2 aromatic heterocycles. The molecule has 0 radical (unpaired) electrons. The lowest BCUT2D eigenvalue weighted by molar-refractivity contribution is 0.419. The highest BCUT2D eigenvalue weighted by atomic mass is 16.5. The molecule has 0 atom stereocenters. The van der Waals surface area contributed by atoms with Gasteiger partial charge in [0.15, 0.2) is 5.43 Å². The molecule has 5 aromatic rings. The van der Waals surface area contributed by atoms with Crippen LogP contribution in [0, 0.1) is 0 Å². The van der Waals surface area contributed by atoms with Crippen LogP contribution in [0.2, 0.25) is 0 Å². The standard InChI is InChI=1S/C24H17NO3/c1-28-20-12-19(26)22-23-21(20)17(15-8-4-2-5-9-15)13-25(23)14-18(24(22)27)16-10-6-3-7-11-16/h2-14,27H,1H3. The summed E-state index contributed by atoms with van der Waals surface area (Å²) in [6, 6.07) is 21.0. The number of aromatic hydroxyl groups is 1. The van der Waals surface area contributed by atoms with Crippen molar-refractivity contribution in [2.45, 2.75) is 0 Å². The SMILES string of the molecule is COc1cc(=O)c2c(O)c(-c3ccccc3)cn3cc(-c4ccccc4)c1c23. The highest BCUT2D eigenvalue weighted by Crippen LogP contribution is 2.43. The second kappa shape index (κ2) is 6.13. The highest BCUT2D eigenvalue weighted by Gasteiger charge is 2.22. The van der Waals surface area contributed by atoms with Crippen molar-refractivity contribution in [1.82, 2.24) is 4.40 Å². The number of pyridine rings is 1. The average Bonchev–Trinajstić information content (AvgIpc) is 3.12. The van der Waals surface area contributed by atoms with Crippen LogP contribution < -0.4 is 10.2 Å². The van der Waals surface area contributed by atoms with Gasteiger partial charge in [-0.3, -0.25) is 4.79 Å². The van der Waals surface area contributed by atoms with Crippen molar-refractivity contribution >= 4 is 16.3 Å². The first-order valence-corrected chi connectivity index (χ1v) is 9.01. The maximum atomic E-state index is 12.9. The largest absolute Gasteiger partial charge is 0.506 e. The summed E-state index contributed by atoms with van der Waals surface area (Å²) in [5, 5.41) is 12.1. The molecule has 0 fully saturated rings. The van der Waals surface area contributed by atoms with E-state index in [4.69, 9.17) is 4.74 Å². The molecule has 0 unspecified atom stereocenters. The lowest BCUT2D eigenvalue weighted by atomic mass is 10.00. The zero-order valence-electron chi connectivity index (χ0n) is 15.2. The van der Waals surface area contributed by atoms with Crippen LogP contribution in [0.3, 0.4) is 0 Å². The van der Waals surface area contributed by atoms with E-state index in [1.54, 1.807) is 7.11 Å². The minimum Gasteiger partial charge on any atom is -0.506 e. The molecular weight excluding hydrogens is 350 g/mol. The first-order chi connectivity index (χ1) is 13.7. The zero-order valence-corrected chi connectivity index (χ0v) is 15.2. The monoisotopic (exact) mass is 367 g/mol. The van der Waals surface area contributed by atoms with E-state index in [2.05, 4.69) is 0 Å². The summed E-state index contributed by atoms with van der Waals surface area (Å²) in [7, 11) is 1.56. The molecule has 0 spiro atoms. The predicted molar refractivity (Wildman–Crippen MR) is 111 cm³/mol. The van der Waals surface area contributed by atoms with Crippen molar-refractivity contribution in [1.29, 1.82) is 0 Å². The molecule has 0 saturated heterocycles. The summed E-state index contributed by atoms with van der Waals surface area (Å²) < 4.78 is 7.44. The molecule has 28 heavy (non-hydrogen) atoms. The molecule has 0 amide bonds. The van der Waals surface area contributed by atoms with Crippen LogP contribution in [0.15, 0.2) is 83.9 Å². The molecule has 4 nitrogen and oxygen atoms in total. The van der Waals surface area contributed by atoms with E-state index in [0.29, 0.717) is 22.2 Å². The molecule has 0 aliphatic rings. The van der Waals surface area contributed by atoms with Gasteiger partial charge < -0.3 is 14.2 Å². The molecule has 136 valence electrons. The summed E-state index contributed by atoms with van der Waals surface area (Å²) in [5.41, 5.74) is 3.84. The van der Waals surface area contributed by atoms with Gasteiger partial charge in [-0.25, -0.2) is 0 Å². The quantitative estimate of drug-likeness (QED) is 0.491. The Balaban J connectivity index is 1.97. The lowest BCUT2D eigenvalue weighted by Gasteiger charge is -2.11. The normalized spacial score (nSPS) is 11.3. The Bertz CT molecular complexity index is 1360. The smallest absolute Gasteiger partial charge is 0.195 e. The summed E-state index contributed by atoms with van der Waals surface area (Å²) in [4.78, 5) is 12.9. The van der Waals surface area contributed by atoms with E-state index in [1.165, 1.54) is 6.07 Å². The Kier molecular flexibility index (Phi) is 3.59. The fourth-order valence-electron chi connectivity index (χ4n) is 3.90. The summed E-state index contributed by atoms with van der Waals surface area (Å²) >= 11 is 0. The van der Waals surface area contributed by atoms with Crippen LogP contribution in [-0.2, 0) is 0 Å². The Morgan fingerprint density at radius 3 is 2.00 bits per heavy atom. The van der Waals surface area contributed by atoms with Crippen molar-refractivity contribution < 1.29 is 9.84 Å². The van der Waals surface area contributed by atoms with Gasteiger partial charge >= 0.3 is 0 Å². The van der Waals surface area contributed by atoms with Crippen molar-refractivity contribution in [2.24, 2.45) is 0 Å². The number of hydrogen-bond acceptors (Lipinski definition) is 3. The second-order valence-electron chi connectivity index (χ2n) is 6.75. The number of nitrogens with zero attached hydrogens (tertiary/aromatic N) is 1. The average molecular weight is 367 g/mol. The molecule has 0 saturated carbocycles. The highest BCUT2D eigenvalue weighted by molar-refractivity contribution is 6.11. The first-order valence-electron chi connectivity index (χ1n) is 9.01. The van der Waals surface area contributed by atoms with E-state index in [9.17, 15) is 9.90 Å². The van der Waals surface area contributed by atoms with E-state index in [1.807, 2.05) is 77.5 Å². The second-order valence-corrected chi connectivity index (χ2v) is 6.75. The van der Waals surface area contributed by atoms with Crippen molar-refractivity contribution in [3.05, 3.63) is 89.3 Å². The van der Waals surface area contributed by atoms with Crippen molar-refractivity contribution in [2.75, 3.05) is 7.11 Å². The Labute approximate surface area is 161 Å². The van der Waals surface area contributed by atoms with Gasteiger partial charge in [0.1, 0.15) is 11.5 Å². The molecule has 5 rings (SSSR count). The Morgan fingerprint density at radius 2 is 1.39 bits per heavy atom. The first kappa shape index (κ1) is 16.4. The minimum absolute atomic E-state index is 0.00550. The summed E-state index contributed by atoms with van der Waals surface area (Å²) in [6.45, 7) is 0. The third-order valence-electron chi connectivity index (χ3n) is 5.17. The minimum atomic E-state index is -0.262. The van der Waals surface area contributed by atoms with E-state index < -0.39 is 0 Å². The molecule has 0 aliphatic heterocycles. The van der Waals surface area contributed by atoms with Gasteiger partial charge in [-0.05, 0) is 11.1 Å². The number of ether oxygens (including phenoxy) is 1. The van der Waals surface area contributed by atoms with Crippen LogP contribution in [0.5, 0.6) is 11.5 Å². The number of hydrogen-bond donors (Lipinski definition) is 1. The molecule has 0 bridgehead atoms. The topological polar surface area (TPSA) is 50.9 Å². The van der Waals surface area contributed by atoms with E-state index in [0.717, 1.165) is 22.1 Å².